The summed E-state index contributed by atoms with van der Waals surface area (Å²) in [4.78, 5) is 15.5. The Hall–Kier alpha value is -2.53. The van der Waals surface area contributed by atoms with E-state index in [1.807, 2.05) is 31.2 Å². The van der Waals surface area contributed by atoms with Gasteiger partial charge in [0.25, 0.3) is 5.91 Å². The van der Waals surface area contributed by atoms with Gasteiger partial charge in [-0.15, -0.1) is 0 Å². The maximum atomic E-state index is 14.6. The molecule has 1 amide bonds. The lowest BCUT2D eigenvalue weighted by Crippen LogP contribution is -2.44. The predicted molar refractivity (Wildman–Crippen MR) is 113 cm³/mol. The van der Waals surface area contributed by atoms with E-state index in [1.165, 1.54) is 17.5 Å². The van der Waals surface area contributed by atoms with Crippen molar-refractivity contribution in [2.75, 3.05) is 13.1 Å². The van der Waals surface area contributed by atoms with Crippen LogP contribution in [0.25, 0.3) is 0 Å². The minimum atomic E-state index is -0.403. The van der Waals surface area contributed by atoms with Crippen LogP contribution < -0.4 is 0 Å². The van der Waals surface area contributed by atoms with Crippen LogP contribution in [0.3, 0.4) is 0 Å². The summed E-state index contributed by atoms with van der Waals surface area (Å²) < 4.78 is 14.6. The zero-order valence-electron chi connectivity index (χ0n) is 17.1. The molecule has 2 heterocycles. The van der Waals surface area contributed by atoms with E-state index in [0.717, 1.165) is 36.2 Å². The first-order valence-electron chi connectivity index (χ1n) is 10.5. The molecule has 2 aliphatic rings. The van der Waals surface area contributed by atoms with E-state index in [-0.39, 0.29) is 11.7 Å². The van der Waals surface area contributed by atoms with E-state index in [0.29, 0.717) is 24.6 Å². The van der Waals surface area contributed by atoms with Gasteiger partial charge in [0, 0.05) is 18.0 Å². The van der Waals surface area contributed by atoms with Crippen molar-refractivity contribution >= 4 is 11.6 Å². The highest BCUT2D eigenvalue weighted by Crippen LogP contribution is 2.34. The van der Waals surface area contributed by atoms with Gasteiger partial charge in [-0.05, 0) is 44.9 Å². The third-order valence-electron chi connectivity index (χ3n) is 6.06. The number of carbonyl (C=O) groups excluding carboxylic acids is 1. The fourth-order valence-electron chi connectivity index (χ4n) is 4.37. The zero-order valence-corrected chi connectivity index (χ0v) is 17.1. The smallest absolute Gasteiger partial charge is 0.257 e. The first kappa shape index (κ1) is 19.8. The lowest BCUT2D eigenvalue weighted by Gasteiger charge is -2.34. The molecule has 4 rings (SSSR count). The molecular weight excluding hydrogens is 365 g/mol. The van der Waals surface area contributed by atoms with Crippen molar-refractivity contribution in [3.63, 3.8) is 0 Å². The van der Waals surface area contributed by atoms with Crippen molar-refractivity contribution in [2.45, 2.75) is 51.6 Å². The summed E-state index contributed by atoms with van der Waals surface area (Å²) in [6.07, 6.45) is 3.96. The Bertz CT molecular complexity index is 926. The SMILES string of the molecule is Cc1cccc(C2=NN(C(=O)CN3CCCC[C@@H]3C)[C@@H](c3ccccc3F)C2)c1. The third kappa shape index (κ3) is 4.25. The normalized spacial score (nSPS) is 22.6. The van der Waals surface area contributed by atoms with Crippen LogP contribution in [0.15, 0.2) is 53.6 Å². The average molecular weight is 394 g/mol. The molecule has 2 aromatic rings. The molecule has 4 nitrogen and oxygen atoms in total. The first-order chi connectivity index (χ1) is 14.0. The average Bonchev–Trinajstić information content (AvgIpc) is 3.15. The Morgan fingerprint density at radius 2 is 2.00 bits per heavy atom. The summed E-state index contributed by atoms with van der Waals surface area (Å²) >= 11 is 0. The van der Waals surface area contributed by atoms with E-state index in [4.69, 9.17) is 5.10 Å². The highest BCUT2D eigenvalue weighted by Gasteiger charge is 2.35. The number of hydrazone groups is 1. The van der Waals surface area contributed by atoms with Crippen LogP contribution in [0.2, 0.25) is 0 Å². The second kappa shape index (κ2) is 8.46. The minimum Gasteiger partial charge on any atom is -0.292 e. The van der Waals surface area contributed by atoms with Gasteiger partial charge >= 0.3 is 0 Å². The van der Waals surface area contributed by atoms with Gasteiger partial charge in [0.05, 0.1) is 18.3 Å². The van der Waals surface area contributed by atoms with E-state index >= 15 is 0 Å². The van der Waals surface area contributed by atoms with Gasteiger partial charge in [-0.1, -0.05) is 54.4 Å². The zero-order chi connectivity index (χ0) is 20.4. The lowest BCUT2D eigenvalue weighted by molar-refractivity contribution is -0.135. The first-order valence-corrected chi connectivity index (χ1v) is 10.5. The number of amides is 1. The summed E-state index contributed by atoms with van der Waals surface area (Å²) in [5, 5.41) is 6.22. The largest absolute Gasteiger partial charge is 0.292 e. The Morgan fingerprint density at radius 3 is 2.76 bits per heavy atom. The van der Waals surface area contributed by atoms with Crippen molar-refractivity contribution in [2.24, 2.45) is 5.10 Å². The molecule has 0 saturated carbocycles. The van der Waals surface area contributed by atoms with Crippen LogP contribution in [0.5, 0.6) is 0 Å². The molecule has 0 aromatic heterocycles. The Kier molecular flexibility index (Phi) is 5.76. The molecule has 0 spiro atoms. The number of likely N-dealkylation sites (tertiary alicyclic amines) is 1. The quantitative estimate of drug-likeness (QED) is 0.756. The molecule has 0 N–H and O–H groups in total. The number of nitrogens with zero attached hydrogens (tertiary/aromatic N) is 3. The number of piperidine rings is 1. The van der Waals surface area contributed by atoms with Gasteiger partial charge in [0.1, 0.15) is 5.82 Å². The van der Waals surface area contributed by atoms with E-state index in [1.54, 1.807) is 12.1 Å². The summed E-state index contributed by atoms with van der Waals surface area (Å²) in [6, 6.07) is 14.8. The molecule has 0 bridgehead atoms. The number of hydrogen-bond acceptors (Lipinski definition) is 3. The van der Waals surface area contributed by atoms with Gasteiger partial charge in [-0.2, -0.15) is 5.10 Å². The number of benzene rings is 2. The van der Waals surface area contributed by atoms with Crippen molar-refractivity contribution in [3.05, 3.63) is 71.0 Å². The molecule has 29 heavy (non-hydrogen) atoms. The minimum absolute atomic E-state index is 0.0605. The van der Waals surface area contributed by atoms with Crippen LogP contribution in [-0.4, -0.2) is 40.7 Å². The molecule has 0 radical (unpaired) electrons. The number of rotatable bonds is 4. The van der Waals surface area contributed by atoms with E-state index in [2.05, 4.69) is 17.9 Å². The molecule has 2 aliphatic heterocycles. The monoisotopic (exact) mass is 393 g/mol. The van der Waals surface area contributed by atoms with Crippen LogP contribution in [0.1, 0.15) is 55.3 Å². The Morgan fingerprint density at radius 1 is 1.17 bits per heavy atom. The van der Waals surface area contributed by atoms with E-state index < -0.39 is 6.04 Å². The van der Waals surface area contributed by atoms with Crippen LogP contribution in [0.4, 0.5) is 4.39 Å². The molecule has 1 fully saturated rings. The molecule has 5 heteroatoms. The lowest BCUT2D eigenvalue weighted by atomic mass is 9.97. The number of halogens is 1. The molecule has 152 valence electrons. The number of carbonyl (C=O) groups is 1. The molecule has 2 atom stereocenters. The maximum absolute atomic E-state index is 14.6. The summed E-state index contributed by atoms with van der Waals surface area (Å²) in [5.74, 6) is -0.350. The van der Waals surface area contributed by atoms with Gasteiger partial charge in [0.2, 0.25) is 0 Å². The topological polar surface area (TPSA) is 35.9 Å². The second-order valence-corrected chi connectivity index (χ2v) is 8.21. The van der Waals surface area contributed by atoms with Crippen LogP contribution in [-0.2, 0) is 4.79 Å². The summed E-state index contributed by atoms with van der Waals surface area (Å²) in [6.45, 7) is 5.47. The van der Waals surface area contributed by atoms with Crippen LogP contribution in [0, 0.1) is 12.7 Å². The third-order valence-corrected chi connectivity index (χ3v) is 6.06. The highest BCUT2D eigenvalue weighted by atomic mass is 19.1. The van der Waals surface area contributed by atoms with Crippen molar-refractivity contribution in [1.29, 1.82) is 0 Å². The van der Waals surface area contributed by atoms with Crippen molar-refractivity contribution < 1.29 is 9.18 Å². The fourth-order valence-corrected chi connectivity index (χ4v) is 4.37. The van der Waals surface area contributed by atoms with Crippen molar-refractivity contribution in [1.82, 2.24) is 9.91 Å². The summed E-state index contributed by atoms with van der Waals surface area (Å²) in [7, 11) is 0. The van der Waals surface area contributed by atoms with Gasteiger partial charge in [-0.3, -0.25) is 9.69 Å². The second-order valence-electron chi connectivity index (χ2n) is 8.21. The Balaban J connectivity index is 1.63. The standard InChI is InChI=1S/C24H28FN3O/c1-17-8-7-10-19(14-17)22-15-23(20-11-3-4-12-21(20)25)28(26-22)24(29)16-27-13-6-5-9-18(27)2/h3-4,7-8,10-12,14,18,23H,5-6,9,13,15-16H2,1-2H3/t18-,23+/m0/s1. The predicted octanol–water partition coefficient (Wildman–Crippen LogP) is 4.69. The molecule has 2 aromatic carbocycles. The Labute approximate surface area is 172 Å². The van der Waals surface area contributed by atoms with Gasteiger partial charge in [0.15, 0.2) is 0 Å². The molecular formula is C24H28FN3O. The van der Waals surface area contributed by atoms with Gasteiger partial charge < -0.3 is 0 Å². The van der Waals surface area contributed by atoms with Crippen LogP contribution >= 0.6 is 0 Å². The fraction of sp³-hybridized carbons (Fsp3) is 0.417. The number of hydrogen-bond donors (Lipinski definition) is 0. The summed E-state index contributed by atoms with van der Waals surface area (Å²) in [5.41, 5.74) is 3.49. The highest BCUT2D eigenvalue weighted by molar-refractivity contribution is 6.03. The molecule has 0 aliphatic carbocycles. The van der Waals surface area contributed by atoms with Crippen molar-refractivity contribution in [3.8, 4) is 0 Å². The van der Waals surface area contributed by atoms with Gasteiger partial charge in [-0.25, -0.2) is 9.40 Å². The van der Waals surface area contributed by atoms with E-state index in [9.17, 15) is 9.18 Å². The maximum Gasteiger partial charge on any atom is 0.257 e. The molecule has 1 saturated heterocycles. The number of aryl methyl sites for hydroxylation is 1. The molecule has 0 unspecified atom stereocenters.